The van der Waals surface area contributed by atoms with Gasteiger partial charge in [-0.05, 0) is 43.7 Å². The molecular weight excluding hydrogens is 382 g/mol. The van der Waals surface area contributed by atoms with Gasteiger partial charge in [0.25, 0.3) is 0 Å². The summed E-state index contributed by atoms with van der Waals surface area (Å²) in [5.74, 6) is -0.253. The van der Waals surface area contributed by atoms with Crippen LogP contribution >= 0.6 is 23.1 Å². The van der Waals surface area contributed by atoms with E-state index in [4.69, 9.17) is 5.11 Å². The summed E-state index contributed by atoms with van der Waals surface area (Å²) in [6, 6.07) is 5.68. The van der Waals surface area contributed by atoms with Crippen molar-refractivity contribution in [3.63, 3.8) is 0 Å². The Bertz CT molecular complexity index is 960. The lowest BCUT2D eigenvalue weighted by atomic mass is 10.2. The average molecular weight is 402 g/mol. The topological polar surface area (TPSA) is 100 Å². The van der Waals surface area contributed by atoms with Crippen molar-refractivity contribution in [3.8, 4) is 0 Å². The summed E-state index contributed by atoms with van der Waals surface area (Å²) in [4.78, 5) is 25.4. The zero-order valence-electron chi connectivity index (χ0n) is 14.7. The van der Waals surface area contributed by atoms with E-state index in [0.29, 0.717) is 18.0 Å². The van der Waals surface area contributed by atoms with Gasteiger partial charge in [0, 0.05) is 29.4 Å². The molecule has 1 saturated carbocycles. The number of hydrogen-bond donors (Lipinski definition) is 3. The maximum Gasteiger partial charge on any atom is 0.335 e. The number of aromatic carboxylic acids is 1. The number of thioether (sulfide) groups is 1. The molecule has 9 heteroatoms. The number of rotatable bonds is 6. The molecule has 140 valence electrons. The number of aromatic nitrogens is 3. The summed E-state index contributed by atoms with van der Waals surface area (Å²) < 4.78 is 0.882. The fourth-order valence-corrected chi connectivity index (χ4v) is 4.51. The molecule has 0 spiro atoms. The molecule has 3 N–H and O–H groups in total. The van der Waals surface area contributed by atoms with Crippen LogP contribution in [-0.4, -0.2) is 44.4 Å². The van der Waals surface area contributed by atoms with Crippen LogP contribution in [-0.2, 0) is 0 Å². The molecule has 1 fully saturated rings. The van der Waals surface area contributed by atoms with Crippen LogP contribution in [0.2, 0.25) is 0 Å². The summed E-state index contributed by atoms with van der Waals surface area (Å²) in [6.45, 7) is 0. The molecule has 1 aliphatic carbocycles. The summed E-state index contributed by atoms with van der Waals surface area (Å²) in [7, 11) is 0. The summed E-state index contributed by atoms with van der Waals surface area (Å²) in [5, 5.41) is 16.8. The average Bonchev–Trinajstić information content (AvgIpc) is 3.27. The highest BCUT2D eigenvalue weighted by Gasteiger charge is 2.26. The summed E-state index contributed by atoms with van der Waals surface area (Å²) >= 11 is 3.12. The van der Waals surface area contributed by atoms with E-state index in [1.165, 1.54) is 11.3 Å². The van der Waals surface area contributed by atoms with E-state index in [-0.39, 0.29) is 5.56 Å². The molecule has 1 aromatic carbocycles. The minimum absolute atomic E-state index is 0.287. The number of nitrogens with zero attached hydrogens (tertiary/aromatic N) is 3. The number of anilines is 2. The first kappa shape index (κ1) is 18.0. The van der Waals surface area contributed by atoms with Gasteiger partial charge in [0.1, 0.15) is 0 Å². The van der Waals surface area contributed by atoms with E-state index in [2.05, 4.69) is 25.6 Å². The predicted molar refractivity (Wildman–Crippen MR) is 109 cm³/mol. The smallest absolute Gasteiger partial charge is 0.335 e. The second-order valence-electron chi connectivity index (χ2n) is 6.45. The number of benzene rings is 1. The van der Waals surface area contributed by atoms with Crippen LogP contribution < -0.4 is 10.6 Å². The van der Waals surface area contributed by atoms with Crippen molar-refractivity contribution >= 4 is 50.4 Å². The molecule has 27 heavy (non-hydrogen) atoms. The standard InChI is InChI=1S/C18H19N5O2S2/c1-26-13-8-19-17(20-9-13)21-11-3-4-12(7-11)22-18-23-14-5-2-10(16(24)25)6-15(14)27-18/h2,5-6,8-9,11-12H,3-4,7H2,1H3,(H,22,23)(H,24,25)(H,19,20,21)/t11-,12-/m0/s1. The molecule has 0 unspecified atom stereocenters. The third-order valence-electron chi connectivity index (χ3n) is 4.59. The normalized spacial score (nSPS) is 19.3. The third-order valence-corrected chi connectivity index (χ3v) is 6.22. The van der Waals surface area contributed by atoms with Gasteiger partial charge in [0.2, 0.25) is 5.95 Å². The molecule has 4 rings (SSSR count). The number of nitrogens with one attached hydrogen (secondary N) is 2. The molecule has 2 atom stereocenters. The Morgan fingerprint density at radius 1 is 1.22 bits per heavy atom. The molecule has 0 amide bonds. The first-order valence-electron chi connectivity index (χ1n) is 8.63. The van der Waals surface area contributed by atoms with E-state index in [9.17, 15) is 4.79 Å². The van der Waals surface area contributed by atoms with Crippen molar-refractivity contribution in [1.29, 1.82) is 0 Å². The Hall–Kier alpha value is -2.39. The highest BCUT2D eigenvalue weighted by atomic mass is 32.2. The number of carboxylic acids is 1. The summed E-state index contributed by atoms with van der Waals surface area (Å²) in [5.41, 5.74) is 1.11. The van der Waals surface area contributed by atoms with E-state index >= 15 is 0 Å². The van der Waals surface area contributed by atoms with Crippen LogP contribution in [0.5, 0.6) is 0 Å². The predicted octanol–water partition coefficient (Wildman–Crippen LogP) is 3.95. The van der Waals surface area contributed by atoms with E-state index in [1.807, 2.05) is 18.6 Å². The molecule has 0 aliphatic heterocycles. The SMILES string of the molecule is CSc1cnc(N[C@H]2CC[C@H](Nc3nc4ccc(C(=O)O)cc4s3)C2)nc1. The van der Waals surface area contributed by atoms with Gasteiger partial charge in [0.05, 0.1) is 15.8 Å². The molecule has 7 nitrogen and oxygen atoms in total. The number of carbonyl (C=O) groups is 1. The van der Waals surface area contributed by atoms with Crippen LogP contribution in [0.3, 0.4) is 0 Å². The Kier molecular flexibility index (Phi) is 5.13. The number of carboxylic acid groups (broad SMARTS) is 1. The Morgan fingerprint density at radius 2 is 1.96 bits per heavy atom. The fourth-order valence-electron chi connectivity index (χ4n) is 3.22. The van der Waals surface area contributed by atoms with Gasteiger partial charge in [-0.1, -0.05) is 11.3 Å². The molecule has 2 heterocycles. The number of thiazole rings is 1. The fraction of sp³-hybridized carbons (Fsp3) is 0.333. The van der Waals surface area contributed by atoms with Crippen molar-refractivity contribution in [1.82, 2.24) is 15.0 Å². The van der Waals surface area contributed by atoms with Gasteiger partial charge >= 0.3 is 5.97 Å². The van der Waals surface area contributed by atoms with E-state index in [1.54, 1.807) is 30.0 Å². The second kappa shape index (κ2) is 7.69. The van der Waals surface area contributed by atoms with Gasteiger partial charge in [-0.2, -0.15) is 0 Å². The zero-order valence-corrected chi connectivity index (χ0v) is 16.3. The monoisotopic (exact) mass is 401 g/mol. The molecule has 3 aromatic rings. The van der Waals surface area contributed by atoms with Gasteiger partial charge in [0.15, 0.2) is 5.13 Å². The van der Waals surface area contributed by atoms with E-state index < -0.39 is 5.97 Å². The van der Waals surface area contributed by atoms with E-state index in [0.717, 1.165) is 39.5 Å². The van der Waals surface area contributed by atoms with Crippen LogP contribution in [0.25, 0.3) is 10.2 Å². The lowest BCUT2D eigenvalue weighted by Gasteiger charge is -2.14. The summed E-state index contributed by atoms with van der Waals surface area (Å²) in [6.07, 6.45) is 8.71. The van der Waals surface area contributed by atoms with Crippen molar-refractivity contribution in [3.05, 3.63) is 36.2 Å². The maximum absolute atomic E-state index is 11.1. The minimum atomic E-state index is -0.919. The van der Waals surface area contributed by atoms with Gasteiger partial charge < -0.3 is 15.7 Å². The molecule has 1 aliphatic rings. The van der Waals surface area contributed by atoms with Crippen molar-refractivity contribution < 1.29 is 9.90 Å². The number of hydrogen-bond acceptors (Lipinski definition) is 8. The van der Waals surface area contributed by atoms with Crippen LogP contribution in [0, 0.1) is 0 Å². The van der Waals surface area contributed by atoms with Gasteiger partial charge in [-0.15, -0.1) is 11.8 Å². The lowest BCUT2D eigenvalue weighted by Crippen LogP contribution is -2.21. The Morgan fingerprint density at radius 3 is 2.67 bits per heavy atom. The first-order valence-corrected chi connectivity index (χ1v) is 10.7. The minimum Gasteiger partial charge on any atom is -0.478 e. The molecular formula is C18H19N5O2S2. The second-order valence-corrected chi connectivity index (χ2v) is 8.36. The molecule has 0 saturated heterocycles. The van der Waals surface area contributed by atoms with Crippen molar-refractivity contribution in [2.45, 2.75) is 36.2 Å². The lowest BCUT2D eigenvalue weighted by molar-refractivity contribution is 0.0697. The third kappa shape index (κ3) is 4.14. The van der Waals surface area contributed by atoms with Gasteiger partial charge in [-0.3, -0.25) is 0 Å². The van der Waals surface area contributed by atoms with Crippen LogP contribution in [0.1, 0.15) is 29.6 Å². The Balaban J connectivity index is 1.37. The van der Waals surface area contributed by atoms with Crippen LogP contribution in [0.15, 0.2) is 35.5 Å². The van der Waals surface area contributed by atoms with Gasteiger partial charge in [-0.25, -0.2) is 19.7 Å². The molecule has 0 radical (unpaired) electrons. The van der Waals surface area contributed by atoms with Crippen molar-refractivity contribution in [2.24, 2.45) is 0 Å². The quantitative estimate of drug-likeness (QED) is 0.534. The highest BCUT2D eigenvalue weighted by Crippen LogP contribution is 2.30. The largest absolute Gasteiger partial charge is 0.478 e. The number of fused-ring (bicyclic) bond motifs is 1. The maximum atomic E-state index is 11.1. The highest BCUT2D eigenvalue weighted by molar-refractivity contribution is 7.98. The Labute approximate surface area is 164 Å². The molecule has 0 bridgehead atoms. The molecule has 2 aromatic heterocycles. The van der Waals surface area contributed by atoms with Crippen LogP contribution in [0.4, 0.5) is 11.1 Å². The first-order chi connectivity index (χ1) is 13.1. The van der Waals surface area contributed by atoms with Crippen molar-refractivity contribution in [2.75, 3.05) is 16.9 Å². The zero-order chi connectivity index (χ0) is 18.8.